The molecule has 1 aromatic rings. The molecule has 0 spiro atoms. The summed E-state index contributed by atoms with van der Waals surface area (Å²) >= 11 is 0. The SMILES string of the molecule is CCC(=N[C@@H]1c2cc(C#N)ccc2OC(C)(C)[C@H]1O)NC#N. The number of aliphatic hydroxyl groups excluding tert-OH is 1. The van der Waals surface area contributed by atoms with Crippen LogP contribution in [0.25, 0.3) is 0 Å². The Labute approximate surface area is 129 Å². The molecular weight excluding hydrogens is 280 g/mol. The summed E-state index contributed by atoms with van der Waals surface area (Å²) in [6.45, 7) is 5.43. The second-order valence-corrected chi connectivity index (χ2v) is 5.63. The van der Waals surface area contributed by atoms with Gasteiger partial charge in [-0.15, -0.1) is 0 Å². The lowest BCUT2D eigenvalue weighted by Gasteiger charge is -2.40. The Bertz CT molecular complexity index is 682. The summed E-state index contributed by atoms with van der Waals surface area (Å²) in [5.74, 6) is 1.08. The molecule has 0 amide bonds. The maximum atomic E-state index is 10.6. The van der Waals surface area contributed by atoms with Crippen LogP contribution >= 0.6 is 0 Å². The Balaban J connectivity index is 2.56. The van der Waals surface area contributed by atoms with Crippen molar-refractivity contribution in [2.24, 2.45) is 4.99 Å². The molecule has 0 saturated carbocycles. The van der Waals surface area contributed by atoms with Gasteiger partial charge in [-0.2, -0.15) is 10.5 Å². The third-order valence-electron chi connectivity index (χ3n) is 3.67. The van der Waals surface area contributed by atoms with Crippen LogP contribution in [-0.4, -0.2) is 22.6 Å². The van der Waals surface area contributed by atoms with Gasteiger partial charge in [-0.1, -0.05) is 6.92 Å². The molecule has 1 heterocycles. The van der Waals surface area contributed by atoms with Gasteiger partial charge in [-0.05, 0) is 32.0 Å². The molecule has 0 bridgehead atoms. The highest BCUT2D eigenvalue weighted by Crippen LogP contribution is 2.42. The molecule has 1 aliphatic rings. The van der Waals surface area contributed by atoms with Crippen LogP contribution in [-0.2, 0) is 0 Å². The van der Waals surface area contributed by atoms with E-state index < -0.39 is 17.7 Å². The first-order chi connectivity index (χ1) is 10.4. The van der Waals surface area contributed by atoms with E-state index in [0.717, 1.165) is 0 Å². The van der Waals surface area contributed by atoms with Crippen molar-refractivity contribution in [1.82, 2.24) is 5.32 Å². The molecule has 6 heteroatoms. The molecule has 2 atom stereocenters. The fourth-order valence-electron chi connectivity index (χ4n) is 2.42. The fourth-order valence-corrected chi connectivity index (χ4v) is 2.42. The third kappa shape index (κ3) is 2.88. The minimum Gasteiger partial charge on any atom is -0.485 e. The second-order valence-electron chi connectivity index (χ2n) is 5.63. The van der Waals surface area contributed by atoms with E-state index in [1.54, 1.807) is 32.0 Å². The first kappa shape index (κ1) is 15.8. The predicted octanol–water partition coefficient (Wildman–Crippen LogP) is 2.01. The van der Waals surface area contributed by atoms with E-state index >= 15 is 0 Å². The number of aliphatic hydroxyl groups is 1. The summed E-state index contributed by atoms with van der Waals surface area (Å²) in [6, 6.07) is 6.53. The largest absolute Gasteiger partial charge is 0.485 e. The average Bonchev–Trinajstić information content (AvgIpc) is 2.50. The van der Waals surface area contributed by atoms with Gasteiger partial charge >= 0.3 is 0 Å². The van der Waals surface area contributed by atoms with Crippen LogP contribution in [0.15, 0.2) is 23.2 Å². The van der Waals surface area contributed by atoms with Crippen molar-refractivity contribution in [3.8, 4) is 18.0 Å². The molecule has 2 N–H and O–H groups in total. The average molecular weight is 298 g/mol. The number of aliphatic imine (C=N–C) groups is 1. The Morgan fingerprint density at radius 3 is 2.77 bits per heavy atom. The van der Waals surface area contributed by atoms with Gasteiger partial charge in [0.25, 0.3) is 0 Å². The topological polar surface area (TPSA) is 101 Å². The summed E-state index contributed by atoms with van der Waals surface area (Å²) in [5, 5.41) is 31.0. The van der Waals surface area contributed by atoms with E-state index in [9.17, 15) is 5.11 Å². The smallest absolute Gasteiger partial charge is 0.182 e. The standard InChI is InChI=1S/C16H18N4O2/c1-4-13(19-9-18)20-14-11-7-10(8-17)5-6-12(11)22-16(2,3)15(14)21/h5-7,14-15,21H,4H2,1-3H3,(H,19,20)/t14-,15+/m1/s1. The van der Waals surface area contributed by atoms with Crippen molar-refractivity contribution in [3.63, 3.8) is 0 Å². The first-order valence-electron chi connectivity index (χ1n) is 7.05. The molecule has 0 fully saturated rings. The van der Waals surface area contributed by atoms with Gasteiger partial charge in [0.1, 0.15) is 29.3 Å². The van der Waals surface area contributed by atoms with Gasteiger partial charge in [0.2, 0.25) is 0 Å². The molecule has 0 aliphatic carbocycles. The van der Waals surface area contributed by atoms with Crippen molar-refractivity contribution >= 4 is 5.84 Å². The van der Waals surface area contributed by atoms with Gasteiger partial charge in [0.15, 0.2) is 6.19 Å². The van der Waals surface area contributed by atoms with Gasteiger partial charge in [0, 0.05) is 12.0 Å². The summed E-state index contributed by atoms with van der Waals surface area (Å²) in [7, 11) is 0. The molecule has 1 aromatic carbocycles. The van der Waals surface area contributed by atoms with E-state index in [-0.39, 0.29) is 0 Å². The van der Waals surface area contributed by atoms with Crippen LogP contribution in [0.5, 0.6) is 5.75 Å². The van der Waals surface area contributed by atoms with Crippen LogP contribution in [0.1, 0.15) is 44.4 Å². The summed E-state index contributed by atoms with van der Waals surface area (Å²) < 4.78 is 5.82. The maximum absolute atomic E-state index is 10.6. The Hall–Kier alpha value is -2.57. The molecule has 0 unspecified atom stereocenters. The Kier molecular flexibility index (Phi) is 4.35. The van der Waals surface area contributed by atoms with Gasteiger partial charge in [-0.25, -0.2) is 0 Å². The van der Waals surface area contributed by atoms with E-state index in [4.69, 9.17) is 15.3 Å². The highest BCUT2D eigenvalue weighted by molar-refractivity contribution is 5.83. The van der Waals surface area contributed by atoms with E-state index in [2.05, 4.69) is 16.4 Å². The minimum atomic E-state index is -0.893. The predicted molar refractivity (Wildman–Crippen MR) is 81.1 cm³/mol. The van der Waals surface area contributed by atoms with Crippen LogP contribution < -0.4 is 10.1 Å². The number of nitrogens with one attached hydrogen (secondary N) is 1. The zero-order chi connectivity index (χ0) is 16.3. The lowest BCUT2D eigenvalue weighted by atomic mass is 9.86. The molecular formula is C16H18N4O2. The van der Waals surface area contributed by atoms with Crippen LogP contribution in [0, 0.1) is 22.8 Å². The lowest BCUT2D eigenvalue weighted by molar-refractivity contribution is -0.0567. The first-order valence-corrected chi connectivity index (χ1v) is 7.05. The van der Waals surface area contributed by atoms with Crippen molar-refractivity contribution in [2.75, 3.05) is 0 Å². The molecule has 0 radical (unpaired) electrons. The van der Waals surface area contributed by atoms with Gasteiger partial charge < -0.3 is 9.84 Å². The highest BCUT2D eigenvalue weighted by atomic mass is 16.5. The van der Waals surface area contributed by atoms with E-state index in [1.165, 1.54) is 0 Å². The molecule has 0 aromatic heterocycles. The van der Waals surface area contributed by atoms with Gasteiger partial charge in [0.05, 0.1) is 11.6 Å². The van der Waals surface area contributed by atoms with Crippen LogP contribution in [0.3, 0.4) is 0 Å². The molecule has 0 saturated heterocycles. The maximum Gasteiger partial charge on any atom is 0.182 e. The number of ether oxygens (including phenoxy) is 1. The normalized spacial score (nSPS) is 22.7. The number of nitriles is 2. The van der Waals surface area contributed by atoms with E-state index in [0.29, 0.717) is 29.1 Å². The van der Waals surface area contributed by atoms with Gasteiger partial charge in [-0.3, -0.25) is 10.3 Å². The molecule has 22 heavy (non-hydrogen) atoms. The van der Waals surface area contributed by atoms with Crippen LogP contribution in [0.4, 0.5) is 0 Å². The number of amidine groups is 1. The van der Waals surface area contributed by atoms with Crippen molar-refractivity contribution in [3.05, 3.63) is 29.3 Å². The number of benzene rings is 1. The zero-order valence-corrected chi connectivity index (χ0v) is 12.8. The molecule has 6 nitrogen and oxygen atoms in total. The second kappa shape index (κ2) is 6.05. The molecule has 2 rings (SSSR count). The number of hydrogen-bond donors (Lipinski definition) is 2. The highest BCUT2D eigenvalue weighted by Gasteiger charge is 2.43. The van der Waals surface area contributed by atoms with Crippen molar-refractivity contribution < 1.29 is 9.84 Å². The zero-order valence-electron chi connectivity index (χ0n) is 12.8. The minimum absolute atomic E-state index is 0.473. The van der Waals surface area contributed by atoms with Crippen molar-refractivity contribution in [1.29, 1.82) is 10.5 Å². The van der Waals surface area contributed by atoms with Crippen molar-refractivity contribution in [2.45, 2.75) is 44.9 Å². The fraction of sp³-hybridized carbons (Fsp3) is 0.438. The molecule has 1 aliphatic heterocycles. The van der Waals surface area contributed by atoms with Crippen LogP contribution in [0.2, 0.25) is 0 Å². The number of hydrogen-bond acceptors (Lipinski definition) is 5. The van der Waals surface area contributed by atoms with E-state index in [1.807, 2.05) is 13.1 Å². The quantitative estimate of drug-likeness (QED) is 0.376. The Morgan fingerprint density at radius 2 is 2.18 bits per heavy atom. The summed E-state index contributed by atoms with van der Waals surface area (Å²) in [5.41, 5.74) is 0.304. The number of fused-ring (bicyclic) bond motifs is 1. The third-order valence-corrected chi connectivity index (χ3v) is 3.67. The summed E-state index contributed by atoms with van der Waals surface area (Å²) in [4.78, 5) is 4.48. The summed E-state index contributed by atoms with van der Waals surface area (Å²) in [6.07, 6.45) is 1.48. The number of rotatable bonds is 2. The monoisotopic (exact) mass is 298 g/mol. The Morgan fingerprint density at radius 1 is 1.45 bits per heavy atom. The molecule has 114 valence electrons. The lowest BCUT2D eigenvalue weighted by Crippen LogP contribution is -2.48. The number of nitrogens with zero attached hydrogens (tertiary/aromatic N) is 3.